The molecular weight excluding hydrogens is 226 g/mol. The van der Waals surface area contributed by atoms with Crippen LogP contribution in [0.5, 0.6) is 0 Å². The van der Waals surface area contributed by atoms with Crippen LogP contribution < -0.4 is 0 Å². The molecule has 3 rings (SSSR count). The zero-order valence-electron chi connectivity index (χ0n) is 11.2. The molecule has 3 saturated carbocycles. The number of amides is 1. The summed E-state index contributed by atoms with van der Waals surface area (Å²) < 4.78 is 0. The first kappa shape index (κ1) is 12.5. The van der Waals surface area contributed by atoms with Crippen LogP contribution >= 0.6 is 0 Å². The number of aliphatic hydroxyl groups is 1. The van der Waals surface area contributed by atoms with Crippen LogP contribution in [0.4, 0.5) is 0 Å². The minimum Gasteiger partial charge on any atom is -0.389 e. The lowest BCUT2D eigenvalue weighted by Crippen LogP contribution is -2.40. The maximum atomic E-state index is 12.4. The molecule has 0 heterocycles. The normalized spacial score (nSPS) is 26.3. The van der Waals surface area contributed by atoms with Gasteiger partial charge in [0, 0.05) is 13.1 Å². The number of hydrogen-bond acceptors (Lipinski definition) is 2. The summed E-state index contributed by atoms with van der Waals surface area (Å²) in [6.45, 7) is 1.90. The van der Waals surface area contributed by atoms with Crippen molar-refractivity contribution in [1.29, 1.82) is 0 Å². The first-order valence-corrected chi connectivity index (χ1v) is 7.65. The van der Waals surface area contributed by atoms with Gasteiger partial charge in [0.25, 0.3) is 0 Å². The van der Waals surface area contributed by atoms with Gasteiger partial charge in [-0.2, -0.15) is 0 Å². The summed E-state index contributed by atoms with van der Waals surface area (Å²) in [7, 11) is 0. The van der Waals surface area contributed by atoms with E-state index in [-0.39, 0.29) is 5.91 Å². The molecule has 3 heteroatoms. The standard InChI is InChI=1S/C15H25NO2/c17-14(9-15(18)7-1-2-8-15)16(10-12-3-4-12)11-13-5-6-13/h12-13,18H,1-11H2. The van der Waals surface area contributed by atoms with E-state index in [2.05, 4.69) is 4.90 Å². The Morgan fingerprint density at radius 2 is 1.56 bits per heavy atom. The molecule has 0 spiro atoms. The lowest BCUT2D eigenvalue weighted by atomic mass is 9.97. The minimum atomic E-state index is -0.678. The van der Waals surface area contributed by atoms with Crippen LogP contribution in [0.3, 0.4) is 0 Å². The van der Waals surface area contributed by atoms with E-state index in [9.17, 15) is 9.90 Å². The van der Waals surface area contributed by atoms with Crippen LogP contribution in [0.1, 0.15) is 57.8 Å². The van der Waals surface area contributed by atoms with Gasteiger partial charge in [-0.15, -0.1) is 0 Å². The number of carbonyl (C=O) groups is 1. The molecule has 1 amide bonds. The zero-order chi connectivity index (χ0) is 12.6. The third kappa shape index (κ3) is 3.25. The molecule has 18 heavy (non-hydrogen) atoms. The fourth-order valence-corrected chi connectivity index (χ4v) is 3.11. The third-order valence-electron chi connectivity index (χ3n) is 4.72. The Kier molecular flexibility index (Phi) is 3.35. The first-order chi connectivity index (χ1) is 8.65. The van der Waals surface area contributed by atoms with Crippen molar-refractivity contribution in [2.24, 2.45) is 11.8 Å². The molecule has 102 valence electrons. The predicted octanol–water partition coefficient (Wildman–Crippen LogP) is 2.33. The highest BCUT2D eigenvalue weighted by molar-refractivity contribution is 5.77. The van der Waals surface area contributed by atoms with Crippen molar-refractivity contribution in [3.63, 3.8) is 0 Å². The molecule has 3 nitrogen and oxygen atoms in total. The van der Waals surface area contributed by atoms with Gasteiger partial charge in [0.05, 0.1) is 12.0 Å². The van der Waals surface area contributed by atoms with Crippen molar-refractivity contribution in [2.45, 2.75) is 63.4 Å². The molecule has 0 unspecified atom stereocenters. The van der Waals surface area contributed by atoms with Gasteiger partial charge in [-0.25, -0.2) is 0 Å². The molecule has 0 saturated heterocycles. The van der Waals surface area contributed by atoms with Gasteiger partial charge in [-0.05, 0) is 50.4 Å². The maximum Gasteiger partial charge on any atom is 0.225 e. The summed E-state index contributed by atoms with van der Waals surface area (Å²) in [4.78, 5) is 14.5. The van der Waals surface area contributed by atoms with E-state index in [0.717, 1.165) is 50.6 Å². The number of rotatable bonds is 6. The van der Waals surface area contributed by atoms with Crippen molar-refractivity contribution in [2.75, 3.05) is 13.1 Å². The summed E-state index contributed by atoms with van der Waals surface area (Å²) in [5, 5.41) is 10.4. The summed E-state index contributed by atoms with van der Waals surface area (Å²) in [5.41, 5.74) is -0.678. The first-order valence-electron chi connectivity index (χ1n) is 7.65. The van der Waals surface area contributed by atoms with Crippen molar-refractivity contribution in [3.8, 4) is 0 Å². The lowest BCUT2D eigenvalue weighted by Gasteiger charge is -2.28. The average molecular weight is 251 g/mol. The topological polar surface area (TPSA) is 40.5 Å². The van der Waals surface area contributed by atoms with Crippen LogP contribution in [-0.4, -0.2) is 34.6 Å². The molecule has 0 atom stereocenters. The lowest BCUT2D eigenvalue weighted by molar-refractivity contribution is -0.136. The predicted molar refractivity (Wildman–Crippen MR) is 70.1 cm³/mol. The molecule has 0 aliphatic heterocycles. The highest BCUT2D eigenvalue weighted by Gasteiger charge is 2.37. The monoisotopic (exact) mass is 251 g/mol. The number of hydrogen-bond donors (Lipinski definition) is 1. The number of nitrogens with zero attached hydrogens (tertiary/aromatic N) is 1. The molecule has 0 aromatic carbocycles. The summed E-state index contributed by atoms with van der Waals surface area (Å²) >= 11 is 0. The second-order valence-corrected chi connectivity index (χ2v) is 6.79. The van der Waals surface area contributed by atoms with E-state index in [0.29, 0.717) is 6.42 Å². The number of carbonyl (C=O) groups excluding carboxylic acids is 1. The highest BCUT2D eigenvalue weighted by Crippen LogP contribution is 2.36. The largest absolute Gasteiger partial charge is 0.389 e. The van der Waals surface area contributed by atoms with Gasteiger partial charge < -0.3 is 10.0 Å². The summed E-state index contributed by atoms with van der Waals surface area (Å²) in [5.74, 6) is 1.72. The van der Waals surface area contributed by atoms with Crippen molar-refractivity contribution in [3.05, 3.63) is 0 Å². The van der Waals surface area contributed by atoms with Gasteiger partial charge in [0.15, 0.2) is 0 Å². The van der Waals surface area contributed by atoms with E-state index in [1.165, 1.54) is 25.7 Å². The van der Waals surface area contributed by atoms with Gasteiger partial charge >= 0.3 is 0 Å². The van der Waals surface area contributed by atoms with Gasteiger partial charge in [0.2, 0.25) is 5.91 Å². The summed E-state index contributed by atoms with van der Waals surface area (Å²) in [6, 6.07) is 0. The minimum absolute atomic E-state index is 0.207. The molecule has 3 aliphatic carbocycles. The third-order valence-corrected chi connectivity index (χ3v) is 4.72. The van der Waals surface area contributed by atoms with Crippen LogP contribution in [-0.2, 0) is 4.79 Å². The van der Waals surface area contributed by atoms with Crippen molar-refractivity contribution >= 4 is 5.91 Å². The van der Waals surface area contributed by atoms with Crippen molar-refractivity contribution in [1.82, 2.24) is 4.90 Å². The maximum absolute atomic E-state index is 12.4. The Balaban J connectivity index is 1.55. The Labute approximate surface area is 110 Å². The zero-order valence-corrected chi connectivity index (χ0v) is 11.2. The Hall–Kier alpha value is -0.570. The second-order valence-electron chi connectivity index (χ2n) is 6.79. The van der Waals surface area contributed by atoms with E-state index >= 15 is 0 Å². The fraction of sp³-hybridized carbons (Fsp3) is 0.933. The van der Waals surface area contributed by atoms with E-state index in [1.54, 1.807) is 0 Å². The quantitative estimate of drug-likeness (QED) is 0.787. The van der Waals surface area contributed by atoms with Crippen LogP contribution in [0.2, 0.25) is 0 Å². The molecule has 0 aromatic heterocycles. The second kappa shape index (κ2) is 4.84. The molecule has 3 fully saturated rings. The summed E-state index contributed by atoms with van der Waals surface area (Å²) in [6.07, 6.45) is 9.32. The SMILES string of the molecule is O=C(CC1(O)CCCC1)N(CC1CC1)CC1CC1. The Morgan fingerprint density at radius 3 is 2.00 bits per heavy atom. The Morgan fingerprint density at radius 1 is 1.06 bits per heavy atom. The van der Waals surface area contributed by atoms with Gasteiger partial charge in [-0.3, -0.25) is 4.79 Å². The van der Waals surface area contributed by atoms with Crippen LogP contribution in [0.15, 0.2) is 0 Å². The highest BCUT2D eigenvalue weighted by atomic mass is 16.3. The average Bonchev–Trinajstić information content (AvgIpc) is 3.22. The molecule has 3 aliphatic rings. The van der Waals surface area contributed by atoms with E-state index in [1.807, 2.05) is 0 Å². The smallest absolute Gasteiger partial charge is 0.225 e. The van der Waals surface area contributed by atoms with Crippen LogP contribution in [0, 0.1) is 11.8 Å². The fourth-order valence-electron chi connectivity index (χ4n) is 3.11. The molecule has 0 radical (unpaired) electrons. The van der Waals surface area contributed by atoms with Gasteiger partial charge in [-0.1, -0.05) is 12.8 Å². The molecule has 0 bridgehead atoms. The van der Waals surface area contributed by atoms with E-state index in [4.69, 9.17) is 0 Å². The Bertz CT molecular complexity index is 300. The molecular formula is C15H25NO2. The molecule has 1 N–H and O–H groups in total. The van der Waals surface area contributed by atoms with E-state index < -0.39 is 5.60 Å². The van der Waals surface area contributed by atoms with Crippen molar-refractivity contribution < 1.29 is 9.90 Å². The van der Waals surface area contributed by atoms with Gasteiger partial charge in [0.1, 0.15) is 0 Å². The van der Waals surface area contributed by atoms with Crippen LogP contribution in [0.25, 0.3) is 0 Å². The molecule has 0 aromatic rings.